The van der Waals surface area contributed by atoms with E-state index in [1.807, 2.05) is 25.1 Å². The molecular weight excluding hydrogens is 371 g/mol. The van der Waals surface area contributed by atoms with Crippen molar-refractivity contribution in [3.8, 4) is 0 Å². The highest BCUT2D eigenvalue weighted by molar-refractivity contribution is 5.91. The SMILES string of the molecule is CN(C)c1ncc(C(=O)N2CCCC3(CCCN3Cc3cccc(F)c3)CC2)o1. The molecule has 2 aliphatic rings. The molecule has 2 fully saturated rings. The second-order valence-electron chi connectivity index (χ2n) is 8.43. The number of benzene rings is 1. The van der Waals surface area contributed by atoms with Crippen LogP contribution in [0.15, 0.2) is 34.9 Å². The van der Waals surface area contributed by atoms with Crippen LogP contribution in [0.3, 0.4) is 0 Å². The van der Waals surface area contributed by atoms with E-state index in [-0.39, 0.29) is 17.3 Å². The molecule has 1 unspecified atom stereocenters. The van der Waals surface area contributed by atoms with Gasteiger partial charge in [-0.15, -0.1) is 0 Å². The number of carbonyl (C=O) groups is 1. The van der Waals surface area contributed by atoms with Crippen molar-refractivity contribution in [2.75, 3.05) is 38.6 Å². The second kappa shape index (κ2) is 8.14. The molecule has 4 rings (SSSR count). The number of hydrogen-bond donors (Lipinski definition) is 0. The summed E-state index contributed by atoms with van der Waals surface area (Å²) in [7, 11) is 3.67. The molecule has 29 heavy (non-hydrogen) atoms. The van der Waals surface area contributed by atoms with Gasteiger partial charge in [0.15, 0.2) is 0 Å². The number of oxazole rings is 1. The lowest BCUT2D eigenvalue weighted by Gasteiger charge is -2.38. The number of rotatable bonds is 4. The van der Waals surface area contributed by atoms with Crippen molar-refractivity contribution in [2.45, 2.75) is 44.2 Å². The van der Waals surface area contributed by atoms with E-state index in [9.17, 15) is 9.18 Å². The summed E-state index contributed by atoms with van der Waals surface area (Å²) in [6.07, 6.45) is 6.76. The molecule has 6 nitrogen and oxygen atoms in total. The predicted molar refractivity (Wildman–Crippen MR) is 109 cm³/mol. The van der Waals surface area contributed by atoms with E-state index in [1.165, 1.54) is 12.3 Å². The van der Waals surface area contributed by atoms with Crippen LogP contribution in [0.1, 0.15) is 48.2 Å². The smallest absolute Gasteiger partial charge is 0.297 e. The summed E-state index contributed by atoms with van der Waals surface area (Å²) in [5.41, 5.74) is 1.11. The highest BCUT2D eigenvalue weighted by atomic mass is 19.1. The van der Waals surface area contributed by atoms with Crippen LogP contribution in [-0.2, 0) is 6.54 Å². The normalized spacial score (nSPS) is 22.8. The van der Waals surface area contributed by atoms with Gasteiger partial charge in [0.05, 0.1) is 6.20 Å². The molecule has 0 radical (unpaired) electrons. The average molecular weight is 400 g/mol. The number of hydrogen-bond acceptors (Lipinski definition) is 5. The maximum absolute atomic E-state index is 13.6. The highest BCUT2D eigenvalue weighted by Crippen LogP contribution is 2.39. The Balaban J connectivity index is 1.44. The van der Waals surface area contributed by atoms with Crippen molar-refractivity contribution >= 4 is 11.9 Å². The Hall–Kier alpha value is -2.41. The lowest BCUT2D eigenvalue weighted by Crippen LogP contribution is -2.44. The number of halogens is 1. The molecule has 2 saturated heterocycles. The summed E-state index contributed by atoms with van der Waals surface area (Å²) in [5, 5.41) is 0. The van der Waals surface area contributed by atoms with Crippen LogP contribution >= 0.6 is 0 Å². The molecule has 7 heteroatoms. The van der Waals surface area contributed by atoms with Gasteiger partial charge in [0.25, 0.3) is 11.9 Å². The lowest BCUT2D eigenvalue weighted by atomic mass is 9.87. The molecule has 1 spiro atoms. The third-order valence-electron chi connectivity index (χ3n) is 6.29. The third-order valence-corrected chi connectivity index (χ3v) is 6.29. The first-order chi connectivity index (χ1) is 14.0. The Morgan fingerprint density at radius 3 is 2.72 bits per heavy atom. The van der Waals surface area contributed by atoms with Crippen LogP contribution in [0.2, 0.25) is 0 Å². The van der Waals surface area contributed by atoms with Gasteiger partial charge in [-0.3, -0.25) is 9.69 Å². The van der Waals surface area contributed by atoms with Gasteiger partial charge in [-0.25, -0.2) is 9.37 Å². The van der Waals surface area contributed by atoms with Crippen molar-refractivity contribution in [1.29, 1.82) is 0 Å². The zero-order valence-electron chi connectivity index (χ0n) is 17.2. The van der Waals surface area contributed by atoms with Gasteiger partial charge in [0, 0.05) is 39.3 Å². The number of carbonyl (C=O) groups excluding carboxylic acids is 1. The first kappa shape index (κ1) is 19.9. The molecule has 0 saturated carbocycles. The number of anilines is 1. The molecule has 1 aromatic heterocycles. The molecule has 2 aliphatic heterocycles. The van der Waals surface area contributed by atoms with Gasteiger partial charge in [-0.05, 0) is 56.3 Å². The Morgan fingerprint density at radius 2 is 2.00 bits per heavy atom. The van der Waals surface area contributed by atoms with Gasteiger partial charge >= 0.3 is 0 Å². The van der Waals surface area contributed by atoms with Gasteiger partial charge in [-0.2, -0.15) is 0 Å². The van der Waals surface area contributed by atoms with E-state index in [1.54, 1.807) is 17.0 Å². The van der Waals surface area contributed by atoms with Crippen molar-refractivity contribution in [2.24, 2.45) is 0 Å². The van der Waals surface area contributed by atoms with Gasteiger partial charge in [0.2, 0.25) is 5.76 Å². The molecule has 1 aromatic carbocycles. The van der Waals surface area contributed by atoms with Crippen molar-refractivity contribution in [3.63, 3.8) is 0 Å². The van der Waals surface area contributed by atoms with Crippen LogP contribution in [0.5, 0.6) is 0 Å². The fourth-order valence-electron chi connectivity index (χ4n) is 4.77. The van der Waals surface area contributed by atoms with E-state index in [4.69, 9.17) is 4.42 Å². The van der Waals surface area contributed by atoms with Crippen molar-refractivity contribution in [1.82, 2.24) is 14.8 Å². The van der Waals surface area contributed by atoms with Crippen LogP contribution < -0.4 is 4.90 Å². The first-order valence-corrected chi connectivity index (χ1v) is 10.4. The molecule has 0 N–H and O–H groups in total. The number of likely N-dealkylation sites (tertiary alicyclic amines) is 2. The molecule has 3 heterocycles. The van der Waals surface area contributed by atoms with Gasteiger partial charge in [0.1, 0.15) is 5.82 Å². The monoisotopic (exact) mass is 400 g/mol. The summed E-state index contributed by atoms with van der Waals surface area (Å²) < 4.78 is 19.2. The van der Waals surface area contributed by atoms with E-state index in [0.717, 1.165) is 57.3 Å². The third kappa shape index (κ3) is 4.15. The molecule has 0 bridgehead atoms. The number of aromatic nitrogens is 1. The molecular formula is C22H29FN4O2. The molecule has 2 aromatic rings. The van der Waals surface area contributed by atoms with Crippen LogP contribution in [0.25, 0.3) is 0 Å². The largest absolute Gasteiger partial charge is 0.418 e. The minimum atomic E-state index is -0.183. The maximum Gasteiger partial charge on any atom is 0.297 e. The number of nitrogens with zero attached hydrogens (tertiary/aromatic N) is 4. The standard InChI is InChI=1S/C22H29FN4O2/c1-25(2)21-24-15-19(29-21)20(28)26-11-4-8-22(10-13-26)9-5-12-27(22)16-17-6-3-7-18(23)14-17/h3,6-7,14-15H,4-5,8-13,16H2,1-2H3. The Labute approximate surface area is 171 Å². The average Bonchev–Trinajstić information content (AvgIpc) is 3.26. The fourth-order valence-corrected chi connectivity index (χ4v) is 4.77. The summed E-state index contributed by atoms with van der Waals surface area (Å²) in [5.74, 6) is 0.0301. The zero-order chi connectivity index (χ0) is 20.4. The predicted octanol–water partition coefficient (Wildman–Crippen LogP) is 3.54. The minimum Gasteiger partial charge on any atom is -0.418 e. The maximum atomic E-state index is 13.6. The summed E-state index contributed by atoms with van der Waals surface area (Å²) in [4.78, 5) is 23.2. The first-order valence-electron chi connectivity index (χ1n) is 10.4. The molecule has 0 aliphatic carbocycles. The Kier molecular flexibility index (Phi) is 5.58. The van der Waals surface area contributed by atoms with Crippen LogP contribution in [0.4, 0.5) is 10.4 Å². The highest BCUT2D eigenvalue weighted by Gasteiger charge is 2.42. The Bertz CT molecular complexity index is 868. The molecule has 156 valence electrons. The van der Waals surface area contributed by atoms with Crippen molar-refractivity contribution in [3.05, 3.63) is 47.6 Å². The van der Waals surface area contributed by atoms with E-state index >= 15 is 0 Å². The van der Waals surface area contributed by atoms with Crippen molar-refractivity contribution < 1.29 is 13.6 Å². The van der Waals surface area contributed by atoms with E-state index in [2.05, 4.69) is 9.88 Å². The fraction of sp³-hybridized carbons (Fsp3) is 0.545. The van der Waals surface area contributed by atoms with Crippen LogP contribution in [-0.4, -0.2) is 60.0 Å². The van der Waals surface area contributed by atoms with Gasteiger partial charge < -0.3 is 14.2 Å². The zero-order valence-corrected chi connectivity index (χ0v) is 17.2. The Morgan fingerprint density at radius 1 is 1.21 bits per heavy atom. The summed E-state index contributed by atoms with van der Waals surface area (Å²) >= 11 is 0. The van der Waals surface area contributed by atoms with Crippen LogP contribution in [0, 0.1) is 5.82 Å². The second-order valence-corrected chi connectivity index (χ2v) is 8.43. The lowest BCUT2D eigenvalue weighted by molar-refractivity contribution is 0.0708. The minimum absolute atomic E-state index is 0.0858. The molecule has 1 amide bonds. The quantitative estimate of drug-likeness (QED) is 0.786. The van der Waals surface area contributed by atoms with Gasteiger partial charge in [-0.1, -0.05) is 12.1 Å². The summed E-state index contributed by atoms with van der Waals surface area (Å²) in [6, 6.07) is 7.33. The van der Waals surface area contributed by atoms with E-state index in [0.29, 0.717) is 18.3 Å². The van der Waals surface area contributed by atoms with E-state index < -0.39 is 0 Å². The number of amides is 1. The topological polar surface area (TPSA) is 52.8 Å². The molecule has 1 atom stereocenters. The summed E-state index contributed by atoms with van der Waals surface area (Å²) in [6.45, 7) is 3.22.